The lowest BCUT2D eigenvalue weighted by molar-refractivity contribution is 0.415. The molecule has 0 atom stereocenters. The van der Waals surface area contributed by atoms with E-state index in [1.807, 2.05) is 31.2 Å². The second kappa shape index (κ2) is 3.89. The first kappa shape index (κ1) is 10.5. The lowest BCUT2D eigenvalue weighted by atomic mass is 10.1. The molecule has 0 aliphatic rings. The lowest BCUT2D eigenvalue weighted by Gasteiger charge is -2.02. The summed E-state index contributed by atoms with van der Waals surface area (Å²) < 4.78 is 6.62. The molecule has 0 fully saturated rings. The molecule has 0 unspecified atom stereocenters. The summed E-state index contributed by atoms with van der Waals surface area (Å²) in [5, 5.41) is 2.98. The Hall–Kier alpha value is -1.97. The van der Waals surface area contributed by atoms with Crippen LogP contribution in [-0.2, 0) is 7.05 Å². The number of hydrogen-bond acceptors (Lipinski definition) is 2. The van der Waals surface area contributed by atoms with Gasteiger partial charge in [0, 0.05) is 12.7 Å². The minimum absolute atomic E-state index is 0.0225. The van der Waals surface area contributed by atoms with Gasteiger partial charge in [-0.15, -0.1) is 0 Å². The number of aromatic amines is 1. The molecule has 0 saturated heterocycles. The third kappa shape index (κ3) is 1.62. The Balaban J connectivity index is 2.62. The molecular weight excluding hydrogens is 204 g/mol. The van der Waals surface area contributed by atoms with Gasteiger partial charge in [0.05, 0.1) is 12.7 Å². The summed E-state index contributed by atoms with van der Waals surface area (Å²) in [4.78, 5) is 11.9. The third-order valence-corrected chi connectivity index (χ3v) is 2.59. The monoisotopic (exact) mass is 218 g/mol. The van der Waals surface area contributed by atoms with Gasteiger partial charge in [0.1, 0.15) is 5.75 Å². The standard InChI is InChI=1S/C12H14N2O2/c1-8-11(12(15)14(2)13-8)9-5-4-6-10(7-9)16-3/h4-7,13H,1-3H3. The van der Waals surface area contributed by atoms with Crippen LogP contribution in [0, 0.1) is 6.92 Å². The minimum Gasteiger partial charge on any atom is -0.497 e. The number of nitrogens with zero attached hydrogens (tertiary/aromatic N) is 1. The maximum Gasteiger partial charge on any atom is 0.274 e. The summed E-state index contributed by atoms with van der Waals surface area (Å²) in [6, 6.07) is 7.49. The average molecular weight is 218 g/mol. The molecule has 84 valence electrons. The summed E-state index contributed by atoms with van der Waals surface area (Å²) in [7, 11) is 3.32. The molecule has 1 aromatic heterocycles. The molecule has 1 heterocycles. The zero-order valence-corrected chi connectivity index (χ0v) is 9.57. The van der Waals surface area contributed by atoms with Gasteiger partial charge in [-0.3, -0.25) is 14.6 Å². The smallest absolute Gasteiger partial charge is 0.274 e. The molecule has 0 bridgehead atoms. The molecule has 2 aromatic rings. The van der Waals surface area contributed by atoms with Crippen LogP contribution >= 0.6 is 0 Å². The summed E-state index contributed by atoms with van der Waals surface area (Å²) in [6.45, 7) is 1.89. The van der Waals surface area contributed by atoms with Gasteiger partial charge in [-0.2, -0.15) is 0 Å². The third-order valence-electron chi connectivity index (χ3n) is 2.59. The van der Waals surface area contributed by atoms with E-state index in [0.29, 0.717) is 5.56 Å². The van der Waals surface area contributed by atoms with E-state index in [0.717, 1.165) is 17.0 Å². The molecule has 2 rings (SSSR count). The largest absolute Gasteiger partial charge is 0.497 e. The van der Waals surface area contributed by atoms with Gasteiger partial charge in [0.25, 0.3) is 5.56 Å². The summed E-state index contributed by atoms with van der Waals surface area (Å²) >= 11 is 0. The van der Waals surface area contributed by atoms with Gasteiger partial charge in [-0.05, 0) is 24.6 Å². The molecule has 4 nitrogen and oxygen atoms in total. The van der Waals surface area contributed by atoms with Gasteiger partial charge in [-0.25, -0.2) is 0 Å². The molecule has 1 N–H and O–H groups in total. The molecule has 4 heteroatoms. The predicted octanol–water partition coefficient (Wildman–Crippen LogP) is 1.70. The van der Waals surface area contributed by atoms with Gasteiger partial charge in [-0.1, -0.05) is 12.1 Å². The van der Waals surface area contributed by atoms with Crippen LogP contribution in [0.15, 0.2) is 29.1 Å². The first-order valence-corrected chi connectivity index (χ1v) is 5.03. The number of H-pyrrole nitrogens is 1. The number of nitrogens with one attached hydrogen (secondary N) is 1. The normalized spacial score (nSPS) is 10.4. The molecule has 0 aliphatic carbocycles. The van der Waals surface area contributed by atoms with Crippen LogP contribution in [0.1, 0.15) is 5.69 Å². The van der Waals surface area contributed by atoms with Crippen molar-refractivity contribution in [2.24, 2.45) is 7.05 Å². The molecule has 0 spiro atoms. The van der Waals surface area contributed by atoms with Crippen LogP contribution in [0.2, 0.25) is 0 Å². The van der Waals surface area contributed by atoms with Crippen molar-refractivity contribution < 1.29 is 4.74 Å². The van der Waals surface area contributed by atoms with E-state index in [-0.39, 0.29) is 5.56 Å². The highest BCUT2D eigenvalue weighted by molar-refractivity contribution is 5.66. The van der Waals surface area contributed by atoms with Gasteiger partial charge in [0.15, 0.2) is 0 Å². The topological polar surface area (TPSA) is 47.0 Å². The van der Waals surface area contributed by atoms with Crippen LogP contribution in [0.25, 0.3) is 11.1 Å². The number of aryl methyl sites for hydroxylation is 2. The quantitative estimate of drug-likeness (QED) is 0.833. The van der Waals surface area contributed by atoms with Gasteiger partial charge < -0.3 is 4.74 Å². The van der Waals surface area contributed by atoms with E-state index in [1.54, 1.807) is 14.2 Å². The van der Waals surface area contributed by atoms with Crippen molar-refractivity contribution in [3.8, 4) is 16.9 Å². The summed E-state index contributed by atoms with van der Waals surface area (Å²) in [5.41, 5.74) is 2.41. The maximum absolute atomic E-state index is 11.9. The van der Waals surface area contributed by atoms with Crippen molar-refractivity contribution in [3.05, 3.63) is 40.3 Å². The van der Waals surface area contributed by atoms with Crippen molar-refractivity contribution in [1.82, 2.24) is 9.78 Å². The zero-order chi connectivity index (χ0) is 11.7. The van der Waals surface area contributed by atoms with E-state index in [9.17, 15) is 4.79 Å². The van der Waals surface area contributed by atoms with Crippen molar-refractivity contribution >= 4 is 0 Å². The highest BCUT2D eigenvalue weighted by Gasteiger charge is 2.11. The van der Waals surface area contributed by atoms with E-state index in [1.165, 1.54) is 4.68 Å². The van der Waals surface area contributed by atoms with Crippen LogP contribution in [0.3, 0.4) is 0 Å². The number of aromatic nitrogens is 2. The zero-order valence-electron chi connectivity index (χ0n) is 9.57. The number of ether oxygens (including phenoxy) is 1. The van der Waals surface area contributed by atoms with Crippen LogP contribution in [0.5, 0.6) is 5.75 Å². The van der Waals surface area contributed by atoms with Crippen molar-refractivity contribution in [3.63, 3.8) is 0 Å². The fraction of sp³-hybridized carbons (Fsp3) is 0.250. The first-order valence-electron chi connectivity index (χ1n) is 5.03. The van der Waals surface area contributed by atoms with Gasteiger partial charge in [0.2, 0.25) is 0 Å². The Morgan fingerprint density at radius 1 is 1.38 bits per heavy atom. The Bertz CT molecular complexity index is 567. The lowest BCUT2D eigenvalue weighted by Crippen LogP contribution is -2.13. The molecule has 0 saturated carbocycles. The Morgan fingerprint density at radius 2 is 2.12 bits per heavy atom. The Morgan fingerprint density at radius 3 is 2.69 bits per heavy atom. The summed E-state index contributed by atoms with van der Waals surface area (Å²) in [5.74, 6) is 0.750. The summed E-state index contributed by atoms with van der Waals surface area (Å²) in [6.07, 6.45) is 0. The number of rotatable bonds is 2. The fourth-order valence-electron chi connectivity index (χ4n) is 1.80. The van der Waals surface area contributed by atoms with E-state index in [4.69, 9.17) is 4.74 Å². The molecular formula is C12H14N2O2. The van der Waals surface area contributed by atoms with Crippen LogP contribution in [-0.4, -0.2) is 16.9 Å². The van der Waals surface area contributed by atoms with Crippen molar-refractivity contribution in [1.29, 1.82) is 0 Å². The maximum atomic E-state index is 11.9. The van der Waals surface area contributed by atoms with E-state index < -0.39 is 0 Å². The van der Waals surface area contributed by atoms with E-state index in [2.05, 4.69) is 5.10 Å². The van der Waals surface area contributed by atoms with Crippen LogP contribution < -0.4 is 10.3 Å². The molecule has 0 radical (unpaired) electrons. The predicted molar refractivity (Wildman–Crippen MR) is 62.8 cm³/mol. The average Bonchev–Trinajstić information content (AvgIpc) is 2.53. The Kier molecular flexibility index (Phi) is 2.56. The Labute approximate surface area is 93.5 Å². The van der Waals surface area contributed by atoms with Crippen molar-refractivity contribution in [2.75, 3.05) is 7.11 Å². The molecule has 16 heavy (non-hydrogen) atoms. The minimum atomic E-state index is -0.0225. The highest BCUT2D eigenvalue weighted by Crippen LogP contribution is 2.22. The van der Waals surface area contributed by atoms with Crippen LogP contribution in [0.4, 0.5) is 0 Å². The molecule has 1 aromatic carbocycles. The molecule has 0 aliphatic heterocycles. The number of benzene rings is 1. The number of methoxy groups -OCH3 is 1. The second-order valence-electron chi connectivity index (χ2n) is 3.71. The number of hydrogen-bond donors (Lipinski definition) is 1. The van der Waals surface area contributed by atoms with Gasteiger partial charge >= 0.3 is 0 Å². The highest BCUT2D eigenvalue weighted by atomic mass is 16.5. The molecule has 0 amide bonds. The SMILES string of the molecule is COc1cccc(-c2c(C)[nH]n(C)c2=O)c1. The first-order chi connectivity index (χ1) is 7.63. The fourth-order valence-corrected chi connectivity index (χ4v) is 1.80. The second-order valence-corrected chi connectivity index (χ2v) is 3.71. The van der Waals surface area contributed by atoms with Crippen molar-refractivity contribution in [2.45, 2.75) is 6.92 Å². The van der Waals surface area contributed by atoms with E-state index >= 15 is 0 Å².